The van der Waals surface area contributed by atoms with E-state index in [-0.39, 0.29) is 47.0 Å². The standard InChI is InChI=1S/C21H20O9S.C2H6/c22-7-11-8-31-9-18(28-11)30-17-6-16-19(21(27)20(17)26)14(25)5-15(29-16)10-2-1-3-12(23)13(24)4-10;1-2/h1,3-6,11,18,22-24,26-27H,2,7-9H2;1-2H3. The van der Waals surface area contributed by atoms with Gasteiger partial charge in [0.25, 0.3) is 0 Å². The molecule has 2 heterocycles. The molecular weight excluding hydrogens is 452 g/mol. The maximum absolute atomic E-state index is 12.6. The molecule has 0 radical (unpaired) electrons. The topological polar surface area (TPSA) is 150 Å². The minimum Gasteiger partial charge on any atom is -0.504 e. The van der Waals surface area contributed by atoms with E-state index in [1.54, 1.807) is 6.08 Å². The van der Waals surface area contributed by atoms with Gasteiger partial charge in [0.2, 0.25) is 12.0 Å². The van der Waals surface area contributed by atoms with Crippen LogP contribution in [0.3, 0.4) is 0 Å². The Morgan fingerprint density at radius 3 is 2.58 bits per heavy atom. The average molecular weight is 479 g/mol. The molecule has 1 aromatic heterocycles. The van der Waals surface area contributed by atoms with Crippen LogP contribution in [0.15, 0.2) is 51.1 Å². The largest absolute Gasteiger partial charge is 0.504 e. The number of ether oxygens (including phenoxy) is 2. The summed E-state index contributed by atoms with van der Waals surface area (Å²) in [5.41, 5.74) is -0.233. The fraction of sp³-hybridized carbons (Fsp3) is 0.348. The van der Waals surface area contributed by atoms with Crippen molar-refractivity contribution in [2.75, 3.05) is 18.1 Å². The molecular formula is C23H26O9S. The zero-order valence-electron chi connectivity index (χ0n) is 18.1. The first-order valence-electron chi connectivity index (χ1n) is 10.4. The highest BCUT2D eigenvalue weighted by Crippen LogP contribution is 2.42. The normalized spacial score (nSPS) is 20.6. The minimum atomic E-state index is -0.784. The van der Waals surface area contributed by atoms with Crippen LogP contribution in [0.25, 0.3) is 16.5 Å². The molecule has 0 bridgehead atoms. The van der Waals surface area contributed by atoms with Crippen molar-refractivity contribution in [1.29, 1.82) is 0 Å². The van der Waals surface area contributed by atoms with E-state index in [0.29, 0.717) is 17.1 Å². The molecule has 33 heavy (non-hydrogen) atoms. The Labute approximate surface area is 193 Å². The second-order valence-corrected chi connectivity index (χ2v) is 8.07. The molecule has 10 heteroatoms. The van der Waals surface area contributed by atoms with Gasteiger partial charge in [0.1, 0.15) is 16.7 Å². The van der Waals surface area contributed by atoms with Crippen molar-refractivity contribution < 1.29 is 39.4 Å². The number of fused-ring (bicyclic) bond motifs is 1. The molecule has 4 rings (SSSR count). The van der Waals surface area contributed by atoms with E-state index in [1.165, 1.54) is 30.0 Å². The van der Waals surface area contributed by atoms with Crippen LogP contribution in [-0.2, 0) is 4.74 Å². The molecule has 1 fully saturated rings. The lowest BCUT2D eigenvalue weighted by atomic mass is 10.1. The van der Waals surface area contributed by atoms with Gasteiger partial charge in [0.15, 0.2) is 28.4 Å². The fourth-order valence-electron chi connectivity index (χ4n) is 3.26. The Hall–Kier alpha value is -3.08. The summed E-state index contributed by atoms with van der Waals surface area (Å²) in [6.45, 7) is 3.82. The lowest BCUT2D eigenvalue weighted by molar-refractivity contribution is -0.115. The molecule has 1 aliphatic carbocycles. The van der Waals surface area contributed by atoms with E-state index in [0.717, 1.165) is 6.07 Å². The van der Waals surface area contributed by atoms with Crippen molar-refractivity contribution in [3.63, 3.8) is 0 Å². The van der Waals surface area contributed by atoms with Gasteiger partial charge in [-0.05, 0) is 18.6 Å². The van der Waals surface area contributed by atoms with Gasteiger partial charge in [-0.1, -0.05) is 19.9 Å². The van der Waals surface area contributed by atoms with Crippen LogP contribution >= 0.6 is 11.8 Å². The maximum atomic E-state index is 12.6. The number of phenolic OH excluding ortho intramolecular Hbond substituents is 2. The second kappa shape index (κ2) is 10.7. The number of hydrogen-bond acceptors (Lipinski definition) is 10. The van der Waals surface area contributed by atoms with Gasteiger partial charge in [-0.3, -0.25) is 4.79 Å². The van der Waals surface area contributed by atoms with Crippen LogP contribution in [0.2, 0.25) is 0 Å². The SMILES string of the molecule is CC.O=c1cc(C2=CC(O)=C(O)C=CC2)oc2cc(OC3CSCC(CO)O3)c(O)c(O)c12. The number of thioether (sulfide) groups is 1. The zero-order valence-corrected chi connectivity index (χ0v) is 19.0. The highest BCUT2D eigenvalue weighted by molar-refractivity contribution is 7.99. The molecule has 1 aliphatic heterocycles. The Balaban J connectivity index is 0.00000149. The van der Waals surface area contributed by atoms with Crippen LogP contribution in [0, 0.1) is 0 Å². The van der Waals surface area contributed by atoms with Crippen LogP contribution in [0.1, 0.15) is 26.0 Å². The number of aromatic hydroxyl groups is 2. The molecule has 2 unspecified atom stereocenters. The molecule has 0 saturated carbocycles. The third kappa shape index (κ3) is 5.29. The van der Waals surface area contributed by atoms with Crippen molar-refractivity contribution in [3.8, 4) is 17.2 Å². The molecule has 0 amide bonds. The first-order chi connectivity index (χ1) is 15.9. The first kappa shape index (κ1) is 24.6. The summed E-state index contributed by atoms with van der Waals surface area (Å²) in [5, 5.41) is 49.3. The monoisotopic (exact) mass is 478 g/mol. The number of aliphatic hydroxyl groups is 3. The predicted molar refractivity (Wildman–Crippen MR) is 125 cm³/mol. The Morgan fingerprint density at radius 1 is 1.09 bits per heavy atom. The van der Waals surface area contributed by atoms with E-state index in [9.17, 15) is 30.3 Å². The maximum Gasteiger partial charge on any atom is 0.209 e. The van der Waals surface area contributed by atoms with E-state index in [4.69, 9.17) is 13.9 Å². The lowest BCUT2D eigenvalue weighted by Crippen LogP contribution is -2.37. The summed E-state index contributed by atoms with van der Waals surface area (Å²) in [4.78, 5) is 12.6. The van der Waals surface area contributed by atoms with Crippen molar-refractivity contribution in [2.45, 2.75) is 32.7 Å². The molecule has 1 aromatic carbocycles. The Bertz CT molecular complexity index is 1160. The van der Waals surface area contributed by atoms with E-state index in [2.05, 4.69) is 0 Å². The summed E-state index contributed by atoms with van der Waals surface area (Å²) < 4.78 is 17.0. The summed E-state index contributed by atoms with van der Waals surface area (Å²) in [6, 6.07) is 2.40. The number of aliphatic hydroxyl groups excluding tert-OH is 3. The smallest absolute Gasteiger partial charge is 0.209 e. The molecule has 5 N–H and O–H groups in total. The van der Waals surface area contributed by atoms with Crippen LogP contribution < -0.4 is 10.2 Å². The quantitative estimate of drug-likeness (QED) is 0.411. The third-order valence-corrected chi connectivity index (χ3v) is 5.91. The fourth-order valence-corrected chi connectivity index (χ4v) is 4.18. The number of benzene rings is 1. The highest BCUT2D eigenvalue weighted by Gasteiger charge is 2.26. The molecule has 2 aromatic rings. The van der Waals surface area contributed by atoms with Gasteiger partial charge in [0.05, 0.1) is 18.5 Å². The van der Waals surface area contributed by atoms with Crippen molar-refractivity contribution in [2.24, 2.45) is 0 Å². The molecule has 178 valence electrons. The van der Waals surface area contributed by atoms with Gasteiger partial charge in [-0.2, -0.15) is 11.8 Å². The number of allylic oxidation sites excluding steroid dienone is 4. The summed E-state index contributed by atoms with van der Waals surface area (Å²) in [7, 11) is 0. The molecule has 9 nitrogen and oxygen atoms in total. The predicted octanol–water partition coefficient (Wildman–Crippen LogP) is 3.73. The highest BCUT2D eigenvalue weighted by atomic mass is 32.2. The van der Waals surface area contributed by atoms with Crippen LogP contribution in [0.5, 0.6) is 17.2 Å². The third-order valence-electron chi connectivity index (χ3n) is 4.80. The zero-order chi connectivity index (χ0) is 24.1. The number of phenols is 2. The van der Waals surface area contributed by atoms with Crippen LogP contribution in [-0.4, -0.2) is 56.0 Å². The summed E-state index contributed by atoms with van der Waals surface area (Å²) >= 11 is 1.50. The average Bonchev–Trinajstić information content (AvgIpc) is 2.99. The Morgan fingerprint density at radius 2 is 1.85 bits per heavy atom. The van der Waals surface area contributed by atoms with E-state index >= 15 is 0 Å². The molecule has 2 aliphatic rings. The van der Waals surface area contributed by atoms with Gasteiger partial charge in [0, 0.05) is 23.5 Å². The van der Waals surface area contributed by atoms with Crippen LogP contribution in [0.4, 0.5) is 0 Å². The van der Waals surface area contributed by atoms with Crippen molar-refractivity contribution in [1.82, 2.24) is 0 Å². The molecule has 0 spiro atoms. The van der Waals surface area contributed by atoms with E-state index < -0.39 is 29.3 Å². The molecule has 1 saturated heterocycles. The summed E-state index contributed by atoms with van der Waals surface area (Å²) in [5.74, 6) is -1.01. The van der Waals surface area contributed by atoms with Crippen molar-refractivity contribution in [3.05, 3.63) is 57.9 Å². The van der Waals surface area contributed by atoms with Gasteiger partial charge in [-0.25, -0.2) is 0 Å². The summed E-state index contributed by atoms with van der Waals surface area (Å²) in [6.07, 6.45) is 3.26. The lowest BCUT2D eigenvalue weighted by Gasteiger charge is -2.29. The minimum absolute atomic E-state index is 0.0446. The van der Waals surface area contributed by atoms with Crippen molar-refractivity contribution >= 4 is 28.3 Å². The van der Waals surface area contributed by atoms with Gasteiger partial charge >= 0.3 is 0 Å². The Kier molecular flexibility index (Phi) is 7.96. The van der Waals surface area contributed by atoms with Gasteiger partial charge in [-0.15, -0.1) is 0 Å². The number of hydrogen-bond donors (Lipinski definition) is 5. The first-order valence-corrected chi connectivity index (χ1v) is 11.6. The van der Waals surface area contributed by atoms with E-state index in [1.807, 2.05) is 13.8 Å². The van der Waals surface area contributed by atoms with Gasteiger partial charge < -0.3 is 39.4 Å². The second-order valence-electron chi connectivity index (χ2n) is 6.99. The molecule has 2 atom stereocenters. The number of rotatable bonds is 4.